The zero-order chi connectivity index (χ0) is 13.2. The number of benzene rings is 1. The van der Waals surface area contributed by atoms with Crippen molar-refractivity contribution in [1.82, 2.24) is 25.3 Å². The van der Waals surface area contributed by atoms with Gasteiger partial charge in [0.2, 0.25) is 11.5 Å². The summed E-state index contributed by atoms with van der Waals surface area (Å²) in [4.78, 5) is 10.8. The molecule has 19 heavy (non-hydrogen) atoms. The van der Waals surface area contributed by atoms with Gasteiger partial charge in [0.15, 0.2) is 0 Å². The number of para-hydroxylation sites is 1. The number of hydrogen-bond donors (Lipinski definition) is 2. The maximum Gasteiger partial charge on any atom is 0.362 e. The van der Waals surface area contributed by atoms with E-state index in [0.717, 1.165) is 11.0 Å². The molecule has 3 rings (SSSR count). The molecular formula is C10H8N6O3. The number of aromatic nitrogens is 5. The highest BCUT2D eigenvalue weighted by molar-refractivity contribution is 5.90. The number of anilines is 1. The van der Waals surface area contributed by atoms with E-state index in [1.165, 1.54) is 0 Å². The van der Waals surface area contributed by atoms with E-state index >= 15 is 0 Å². The zero-order valence-electron chi connectivity index (χ0n) is 9.52. The summed E-state index contributed by atoms with van der Waals surface area (Å²) in [7, 11) is 0. The van der Waals surface area contributed by atoms with E-state index in [0.29, 0.717) is 0 Å². The van der Waals surface area contributed by atoms with Gasteiger partial charge in [0.05, 0.1) is 5.52 Å². The van der Waals surface area contributed by atoms with Gasteiger partial charge in [0.25, 0.3) is 0 Å². The predicted octanol–water partition coefficient (Wildman–Crippen LogP) is 0.582. The summed E-state index contributed by atoms with van der Waals surface area (Å²) >= 11 is 0. The van der Waals surface area contributed by atoms with Gasteiger partial charge in [-0.2, -0.15) is 0 Å². The second-order valence-corrected chi connectivity index (χ2v) is 3.68. The summed E-state index contributed by atoms with van der Waals surface area (Å²) in [5, 5.41) is 26.3. The molecule has 0 aliphatic rings. The van der Waals surface area contributed by atoms with Crippen LogP contribution in [0.15, 0.2) is 28.9 Å². The third-order valence-corrected chi connectivity index (χ3v) is 2.51. The van der Waals surface area contributed by atoms with Crippen molar-refractivity contribution in [2.24, 2.45) is 0 Å². The van der Waals surface area contributed by atoms with Gasteiger partial charge in [-0.15, -0.1) is 5.10 Å². The van der Waals surface area contributed by atoms with Gasteiger partial charge in [-0.05, 0) is 22.4 Å². The second-order valence-electron chi connectivity index (χ2n) is 3.68. The average molecular weight is 260 g/mol. The number of carbonyl (C=O) groups is 1. The Morgan fingerprint density at radius 3 is 3.05 bits per heavy atom. The number of nitrogens with one attached hydrogen (secondary N) is 1. The van der Waals surface area contributed by atoms with E-state index in [1.807, 2.05) is 24.3 Å². The first-order valence-electron chi connectivity index (χ1n) is 5.33. The molecule has 1 aromatic carbocycles. The first-order chi connectivity index (χ1) is 9.25. The molecule has 0 fully saturated rings. The lowest BCUT2D eigenvalue weighted by Gasteiger charge is -2.03. The standard InChI is InChI=1S/C10H8N6O3/c17-10(18)8-9(14-19-13-8)11-5-16-7-4-2-1-3-6(7)12-15-16/h1-4H,5H2,(H,11,14)(H,17,18). The molecule has 2 heterocycles. The Bertz CT molecular complexity index is 734. The molecule has 0 saturated carbocycles. The van der Waals surface area contributed by atoms with Crippen LogP contribution >= 0.6 is 0 Å². The monoisotopic (exact) mass is 260 g/mol. The van der Waals surface area contributed by atoms with Gasteiger partial charge in [-0.25, -0.2) is 14.1 Å². The van der Waals surface area contributed by atoms with E-state index in [9.17, 15) is 4.79 Å². The summed E-state index contributed by atoms with van der Waals surface area (Å²) in [6, 6.07) is 7.41. The first-order valence-corrected chi connectivity index (χ1v) is 5.33. The molecule has 0 amide bonds. The highest BCUT2D eigenvalue weighted by Crippen LogP contribution is 2.12. The van der Waals surface area contributed by atoms with Gasteiger partial charge >= 0.3 is 5.97 Å². The van der Waals surface area contributed by atoms with Crippen LogP contribution in [0.1, 0.15) is 10.5 Å². The van der Waals surface area contributed by atoms with Crippen molar-refractivity contribution in [2.75, 3.05) is 5.32 Å². The van der Waals surface area contributed by atoms with E-state index in [4.69, 9.17) is 5.11 Å². The lowest BCUT2D eigenvalue weighted by molar-refractivity contribution is 0.0685. The van der Waals surface area contributed by atoms with Crippen molar-refractivity contribution < 1.29 is 14.5 Å². The SMILES string of the molecule is O=C(O)c1nonc1NCn1nnc2ccccc21. The number of rotatable bonds is 4. The summed E-state index contributed by atoms with van der Waals surface area (Å²) in [5.74, 6) is -1.17. The molecule has 2 N–H and O–H groups in total. The molecule has 96 valence electrons. The average Bonchev–Trinajstić information content (AvgIpc) is 3.03. The zero-order valence-corrected chi connectivity index (χ0v) is 9.52. The molecule has 0 atom stereocenters. The minimum atomic E-state index is -1.22. The van der Waals surface area contributed by atoms with Gasteiger partial charge < -0.3 is 10.4 Å². The van der Waals surface area contributed by atoms with Crippen molar-refractivity contribution in [3.05, 3.63) is 30.0 Å². The summed E-state index contributed by atoms with van der Waals surface area (Å²) in [6.07, 6.45) is 0. The fourth-order valence-corrected chi connectivity index (χ4v) is 1.63. The first kappa shape index (κ1) is 11.1. The molecule has 9 heteroatoms. The fourth-order valence-electron chi connectivity index (χ4n) is 1.63. The van der Waals surface area contributed by atoms with Gasteiger partial charge in [-0.3, -0.25) is 0 Å². The Kier molecular flexibility index (Phi) is 2.56. The molecule has 9 nitrogen and oxygen atoms in total. The number of carboxylic acid groups (broad SMARTS) is 1. The summed E-state index contributed by atoms with van der Waals surface area (Å²) in [5.41, 5.74) is 1.30. The Hall–Kier alpha value is -2.97. The molecule has 0 radical (unpaired) electrons. The number of carboxylic acids is 1. The Balaban J connectivity index is 1.83. The minimum Gasteiger partial charge on any atom is -0.476 e. The smallest absolute Gasteiger partial charge is 0.362 e. The highest BCUT2D eigenvalue weighted by Gasteiger charge is 2.17. The van der Waals surface area contributed by atoms with Crippen LogP contribution < -0.4 is 5.32 Å². The van der Waals surface area contributed by atoms with Crippen LogP contribution in [0.3, 0.4) is 0 Å². The number of fused-ring (bicyclic) bond motifs is 1. The molecule has 0 bridgehead atoms. The number of hydrogen-bond acceptors (Lipinski definition) is 7. The van der Waals surface area contributed by atoms with E-state index in [2.05, 4.69) is 30.6 Å². The quantitative estimate of drug-likeness (QED) is 0.699. The van der Waals surface area contributed by atoms with E-state index in [1.54, 1.807) is 4.68 Å². The van der Waals surface area contributed by atoms with Gasteiger partial charge in [-0.1, -0.05) is 17.3 Å². The molecule has 0 spiro atoms. The largest absolute Gasteiger partial charge is 0.476 e. The third-order valence-electron chi connectivity index (χ3n) is 2.51. The van der Waals surface area contributed by atoms with Gasteiger partial charge in [0.1, 0.15) is 12.2 Å². The molecule has 0 aliphatic carbocycles. The molecular weight excluding hydrogens is 252 g/mol. The van der Waals surface area contributed by atoms with Crippen LogP contribution in [0.5, 0.6) is 0 Å². The second kappa shape index (κ2) is 4.37. The molecule has 0 aliphatic heterocycles. The fraction of sp³-hybridized carbons (Fsp3) is 0.100. The summed E-state index contributed by atoms with van der Waals surface area (Å²) < 4.78 is 5.95. The van der Waals surface area contributed by atoms with E-state index < -0.39 is 5.97 Å². The van der Waals surface area contributed by atoms with Crippen molar-refractivity contribution in [1.29, 1.82) is 0 Å². The maximum atomic E-state index is 10.8. The van der Waals surface area contributed by atoms with Gasteiger partial charge in [0, 0.05) is 0 Å². The summed E-state index contributed by atoms with van der Waals surface area (Å²) in [6.45, 7) is 0.203. The number of nitrogens with zero attached hydrogens (tertiary/aromatic N) is 5. The minimum absolute atomic E-state index is 0.0482. The predicted molar refractivity (Wildman–Crippen MR) is 62.4 cm³/mol. The topological polar surface area (TPSA) is 119 Å². The van der Waals surface area contributed by atoms with Crippen LogP contribution in [0.2, 0.25) is 0 Å². The molecule has 0 unspecified atom stereocenters. The van der Waals surface area contributed by atoms with Crippen molar-refractivity contribution >= 4 is 22.8 Å². The van der Waals surface area contributed by atoms with Crippen LogP contribution in [0.25, 0.3) is 11.0 Å². The molecule has 3 aromatic rings. The van der Waals surface area contributed by atoms with Crippen LogP contribution in [0.4, 0.5) is 5.82 Å². The number of aromatic carboxylic acids is 1. The van der Waals surface area contributed by atoms with E-state index in [-0.39, 0.29) is 18.2 Å². The molecule has 0 saturated heterocycles. The lowest BCUT2D eigenvalue weighted by Crippen LogP contribution is -2.12. The Morgan fingerprint density at radius 2 is 2.21 bits per heavy atom. The maximum absolute atomic E-state index is 10.8. The Labute approximate surface area is 105 Å². The van der Waals surface area contributed by atoms with Crippen LogP contribution in [0, 0.1) is 0 Å². The highest BCUT2D eigenvalue weighted by atomic mass is 16.6. The third kappa shape index (κ3) is 1.97. The van der Waals surface area contributed by atoms with Crippen molar-refractivity contribution in [2.45, 2.75) is 6.67 Å². The van der Waals surface area contributed by atoms with Crippen LogP contribution in [-0.4, -0.2) is 36.4 Å². The Morgan fingerprint density at radius 1 is 1.37 bits per heavy atom. The normalized spacial score (nSPS) is 10.7. The lowest BCUT2D eigenvalue weighted by atomic mass is 10.3. The molecule has 2 aromatic heterocycles. The van der Waals surface area contributed by atoms with Crippen LogP contribution in [-0.2, 0) is 6.67 Å². The van der Waals surface area contributed by atoms with Crippen molar-refractivity contribution in [3.8, 4) is 0 Å². The van der Waals surface area contributed by atoms with Crippen molar-refractivity contribution in [3.63, 3.8) is 0 Å².